The average Bonchev–Trinajstić information content (AvgIpc) is 3.09. The van der Waals surface area contributed by atoms with Crippen molar-refractivity contribution in [1.29, 1.82) is 0 Å². The van der Waals surface area contributed by atoms with Gasteiger partial charge in [0.2, 0.25) is 0 Å². The molecule has 2 amide bonds. The normalized spacial score (nSPS) is 10.6. The zero-order chi connectivity index (χ0) is 18.5. The quantitative estimate of drug-likeness (QED) is 0.682. The summed E-state index contributed by atoms with van der Waals surface area (Å²) in [6, 6.07) is 13.9. The summed E-state index contributed by atoms with van der Waals surface area (Å²) < 4.78 is 5.25. The number of amides is 2. The molecule has 8 heteroatoms. The Morgan fingerprint density at radius 3 is 2.65 bits per heavy atom. The molecular weight excluding hydrogens is 375 g/mol. The highest BCUT2D eigenvalue weighted by Gasteiger charge is 2.13. The van der Waals surface area contributed by atoms with E-state index in [0.29, 0.717) is 40.4 Å². The molecule has 1 heterocycles. The Hall–Kier alpha value is -2.57. The van der Waals surface area contributed by atoms with Gasteiger partial charge >= 0.3 is 6.03 Å². The zero-order valence-corrected chi connectivity index (χ0v) is 15.5. The highest BCUT2D eigenvalue weighted by Crippen LogP contribution is 2.20. The lowest BCUT2D eigenvalue weighted by Crippen LogP contribution is -2.33. The standard InChI is InChI=1S/C18H16Cl2N4O2/c1-24(18(25)21-15-4-2-3-14(20)11-15)10-9-16-22-17(26-23-16)12-5-7-13(19)8-6-12/h2-8,11H,9-10H2,1H3,(H,21,25). The fraction of sp³-hybridized carbons (Fsp3) is 0.167. The molecule has 0 spiro atoms. The number of hydrogen-bond acceptors (Lipinski definition) is 4. The average molecular weight is 391 g/mol. The van der Waals surface area contributed by atoms with Gasteiger partial charge in [-0.05, 0) is 42.5 Å². The number of nitrogens with one attached hydrogen (secondary N) is 1. The summed E-state index contributed by atoms with van der Waals surface area (Å²) in [5.74, 6) is 0.944. The van der Waals surface area contributed by atoms with E-state index in [2.05, 4.69) is 15.5 Å². The van der Waals surface area contributed by atoms with E-state index in [4.69, 9.17) is 27.7 Å². The summed E-state index contributed by atoms with van der Waals surface area (Å²) in [4.78, 5) is 18.1. The molecule has 0 bridgehead atoms. The Morgan fingerprint density at radius 2 is 1.92 bits per heavy atom. The molecule has 0 radical (unpaired) electrons. The highest BCUT2D eigenvalue weighted by atomic mass is 35.5. The number of urea groups is 1. The van der Waals surface area contributed by atoms with Crippen LogP contribution in [0, 0.1) is 0 Å². The van der Waals surface area contributed by atoms with E-state index in [1.807, 2.05) is 12.1 Å². The van der Waals surface area contributed by atoms with Crippen LogP contribution < -0.4 is 5.32 Å². The molecule has 6 nitrogen and oxygen atoms in total. The molecule has 0 aliphatic heterocycles. The fourth-order valence-electron chi connectivity index (χ4n) is 2.22. The van der Waals surface area contributed by atoms with Crippen molar-refractivity contribution in [3.63, 3.8) is 0 Å². The van der Waals surface area contributed by atoms with E-state index in [1.165, 1.54) is 0 Å². The molecule has 0 atom stereocenters. The van der Waals surface area contributed by atoms with Gasteiger partial charge in [-0.15, -0.1) is 0 Å². The van der Waals surface area contributed by atoms with E-state index >= 15 is 0 Å². The molecule has 0 aliphatic rings. The van der Waals surface area contributed by atoms with Gasteiger partial charge in [-0.2, -0.15) is 4.98 Å². The molecule has 26 heavy (non-hydrogen) atoms. The number of carbonyl (C=O) groups excluding carboxylic acids is 1. The van der Waals surface area contributed by atoms with Gasteiger partial charge in [-0.1, -0.05) is 34.4 Å². The molecule has 3 rings (SSSR count). The minimum atomic E-state index is -0.242. The molecule has 2 aromatic carbocycles. The molecule has 0 fully saturated rings. The molecule has 3 aromatic rings. The summed E-state index contributed by atoms with van der Waals surface area (Å²) in [5.41, 5.74) is 1.43. The number of likely N-dealkylation sites (N-methyl/N-ethyl adjacent to an activating group) is 1. The van der Waals surface area contributed by atoms with Gasteiger partial charge < -0.3 is 14.7 Å². The molecule has 0 saturated heterocycles. The van der Waals surface area contributed by atoms with E-state index in [-0.39, 0.29) is 6.03 Å². The molecule has 0 saturated carbocycles. The van der Waals surface area contributed by atoms with Crippen molar-refractivity contribution in [3.05, 3.63) is 64.4 Å². The van der Waals surface area contributed by atoms with Gasteiger partial charge in [-0.3, -0.25) is 0 Å². The third-order valence-electron chi connectivity index (χ3n) is 3.65. The van der Waals surface area contributed by atoms with Gasteiger partial charge in [-0.25, -0.2) is 4.79 Å². The van der Waals surface area contributed by atoms with Gasteiger partial charge in [0, 0.05) is 41.3 Å². The predicted octanol–water partition coefficient (Wildman–Crippen LogP) is 4.75. The van der Waals surface area contributed by atoms with E-state index < -0.39 is 0 Å². The monoisotopic (exact) mass is 390 g/mol. The summed E-state index contributed by atoms with van der Waals surface area (Å²) in [5, 5.41) is 7.93. The van der Waals surface area contributed by atoms with Gasteiger partial charge in [0.25, 0.3) is 5.89 Å². The number of hydrogen-bond donors (Lipinski definition) is 1. The topological polar surface area (TPSA) is 71.3 Å². The van der Waals surface area contributed by atoms with E-state index in [1.54, 1.807) is 48.3 Å². The first-order chi connectivity index (χ1) is 12.5. The Morgan fingerprint density at radius 1 is 1.15 bits per heavy atom. The molecule has 134 valence electrons. The van der Waals surface area contributed by atoms with Crippen molar-refractivity contribution in [3.8, 4) is 11.5 Å². The van der Waals surface area contributed by atoms with Gasteiger partial charge in [0.1, 0.15) is 0 Å². The third kappa shape index (κ3) is 4.74. The van der Waals surface area contributed by atoms with Gasteiger partial charge in [0.15, 0.2) is 5.82 Å². The predicted molar refractivity (Wildman–Crippen MR) is 102 cm³/mol. The van der Waals surface area contributed by atoms with Crippen LogP contribution in [0.25, 0.3) is 11.5 Å². The minimum absolute atomic E-state index is 0.242. The Balaban J connectivity index is 1.55. The van der Waals surface area contributed by atoms with E-state index in [0.717, 1.165) is 5.56 Å². The van der Waals surface area contributed by atoms with Crippen molar-refractivity contribution < 1.29 is 9.32 Å². The van der Waals surface area contributed by atoms with Crippen LogP contribution in [0.4, 0.5) is 10.5 Å². The van der Waals surface area contributed by atoms with Crippen molar-refractivity contribution >= 4 is 34.9 Å². The summed E-state index contributed by atoms with van der Waals surface area (Å²) in [6.07, 6.45) is 0.469. The first-order valence-corrected chi connectivity index (χ1v) is 8.63. The molecule has 0 unspecified atom stereocenters. The van der Waals surface area contributed by atoms with Crippen molar-refractivity contribution in [2.75, 3.05) is 18.9 Å². The van der Waals surface area contributed by atoms with E-state index in [9.17, 15) is 4.79 Å². The fourth-order valence-corrected chi connectivity index (χ4v) is 2.54. The molecule has 1 N–H and O–H groups in total. The number of carbonyl (C=O) groups is 1. The smallest absolute Gasteiger partial charge is 0.321 e. The maximum absolute atomic E-state index is 12.2. The summed E-state index contributed by atoms with van der Waals surface area (Å²) in [7, 11) is 1.69. The summed E-state index contributed by atoms with van der Waals surface area (Å²) in [6.45, 7) is 0.436. The third-order valence-corrected chi connectivity index (χ3v) is 4.14. The molecule has 1 aromatic heterocycles. The zero-order valence-electron chi connectivity index (χ0n) is 13.9. The first kappa shape index (κ1) is 18.2. The van der Waals surface area contributed by atoms with Crippen LogP contribution in [-0.2, 0) is 6.42 Å². The Labute approximate surface area is 160 Å². The SMILES string of the molecule is CN(CCc1noc(-c2ccc(Cl)cc2)n1)C(=O)Nc1cccc(Cl)c1. The van der Waals surface area contributed by atoms with Crippen molar-refractivity contribution in [2.45, 2.75) is 6.42 Å². The lowest BCUT2D eigenvalue weighted by molar-refractivity contribution is 0.222. The second kappa shape index (κ2) is 8.21. The second-order valence-electron chi connectivity index (χ2n) is 5.63. The Bertz CT molecular complexity index is 896. The van der Waals surface area contributed by atoms with Crippen LogP contribution in [0.3, 0.4) is 0 Å². The lowest BCUT2D eigenvalue weighted by atomic mass is 10.2. The second-order valence-corrected chi connectivity index (χ2v) is 6.51. The maximum atomic E-state index is 12.2. The van der Waals surface area contributed by atoms with Crippen molar-refractivity contribution in [2.24, 2.45) is 0 Å². The van der Waals surface area contributed by atoms with Crippen LogP contribution in [0.2, 0.25) is 10.0 Å². The van der Waals surface area contributed by atoms with Crippen LogP contribution in [0.1, 0.15) is 5.82 Å². The van der Waals surface area contributed by atoms with Crippen LogP contribution in [0.15, 0.2) is 53.1 Å². The number of aromatic nitrogens is 2. The van der Waals surface area contributed by atoms with Crippen LogP contribution >= 0.6 is 23.2 Å². The Kier molecular flexibility index (Phi) is 5.75. The number of nitrogens with zero attached hydrogens (tertiary/aromatic N) is 3. The molecular formula is C18H16Cl2N4O2. The van der Waals surface area contributed by atoms with Crippen LogP contribution in [0.5, 0.6) is 0 Å². The largest absolute Gasteiger partial charge is 0.334 e. The number of halogens is 2. The minimum Gasteiger partial charge on any atom is -0.334 e. The number of anilines is 1. The van der Waals surface area contributed by atoms with Crippen molar-refractivity contribution in [1.82, 2.24) is 15.0 Å². The molecule has 0 aliphatic carbocycles. The maximum Gasteiger partial charge on any atom is 0.321 e. The van der Waals surface area contributed by atoms with Gasteiger partial charge in [0.05, 0.1) is 0 Å². The highest BCUT2D eigenvalue weighted by molar-refractivity contribution is 6.31. The number of rotatable bonds is 5. The van der Waals surface area contributed by atoms with Crippen LogP contribution in [-0.4, -0.2) is 34.7 Å². The lowest BCUT2D eigenvalue weighted by Gasteiger charge is -2.17. The number of benzene rings is 2. The summed E-state index contributed by atoms with van der Waals surface area (Å²) >= 11 is 11.8. The first-order valence-electron chi connectivity index (χ1n) is 7.87.